The number of carbonyl (C=O) groups excluding carboxylic acids is 1. The minimum absolute atomic E-state index is 0.0129. The molecule has 5 fully saturated rings. The number of ether oxygens (including phenoxy) is 4. The molecule has 7 heteroatoms. The van der Waals surface area contributed by atoms with Gasteiger partial charge in [0, 0.05) is 14.9 Å². The fraction of sp³-hybridized carbons (Fsp3) is 0.842. The molecule has 10 atom stereocenters. The van der Waals surface area contributed by atoms with Crippen LogP contribution in [0, 0.1) is 11.3 Å². The monoisotopic (exact) mass is 472 g/mol. The number of carbonyl (C=O) groups is 1. The lowest BCUT2D eigenvalue weighted by Crippen LogP contribution is -2.69. The predicted molar refractivity (Wildman–Crippen MR) is 95.7 cm³/mol. The van der Waals surface area contributed by atoms with Gasteiger partial charge in [0.1, 0.15) is 36.1 Å². The van der Waals surface area contributed by atoms with E-state index in [1.165, 1.54) is 0 Å². The summed E-state index contributed by atoms with van der Waals surface area (Å²) in [6, 6.07) is 0. The fourth-order valence-corrected chi connectivity index (χ4v) is 8.30. The van der Waals surface area contributed by atoms with E-state index in [-0.39, 0.29) is 39.5 Å². The lowest BCUT2D eigenvalue weighted by atomic mass is 9.47. The molecule has 6 nitrogen and oxygen atoms in total. The molecule has 0 aromatic rings. The Labute approximate surface area is 164 Å². The molecule has 26 heavy (non-hydrogen) atoms. The molecule has 2 spiro atoms. The molecule has 1 unspecified atom stereocenters. The number of alkyl halides is 1. The molecule has 4 heterocycles. The van der Waals surface area contributed by atoms with E-state index in [4.69, 9.17) is 18.9 Å². The molecule has 7 aliphatic rings. The first-order valence-corrected chi connectivity index (χ1v) is 10.8. The Balaban J connectivity index is 1.39. The second-order valence-electron chi connectivity index (χ2n) is 9.37. The summed E-state index contributed by atoms with van der Waals surface area (Å²) >= 11 is 2.36. The molecule has 140 valence electrons. The Morgan fingerprint density at radius 2 is 2.08 bits per heavy atom. The van der Waals surface area contributed by atoms with Crippen LogP contribution < -0.4 is 0 Å². The van der Waals surface area contributed by atoms with Crippen LogP contribution in [0.15, 0.2) is 11.1 Å². The summed E-state index contributed by atoms with van der Waals surface area (Å²) in [5, 5.41) is 11.4. The average molecular weight is 472 g/mol. The van der Waals surface area contributed by atoms with Crippen LogP contribution in [0.4, 0.5) is 0 Å². The van der Waals surface area contributed by atoms with E-state index >= 15 is 0 Å². The van der Waals surface area contributed by atoms with Gasteiger partial charge in [-0.1, -0.05) is 36.4 Å². The van der Waals surface area contributed by atoms with E-state index in [2.05, 4.69) is 36.4 Å². The zero-order chi connectivity index (χ0) is 17.9. The first-order chi connectivity index (χ1) is 12.3. The molecule has 2 saturated carbocycles. The SMILES string of the molecule is CC(I)[C@]12O[C@H]1[C@@H]1O[C@]13[C@]1(O[C@H]1C[C@H]1C4=C(CC[C@@]13C)C(=O)OC4)[C@@H]2O. The highest BCUT2D eigenvalue weighted by Gasteiger charge is 3.00. The lowest BCUT2D eigenvalue weighted by Gasteiger charge is -2.53. The third kappa shape index (κ3) is 1.24. The largest absolute Gasteiger partial charge is 0.458 e. The van der Waals surface area contributed by atoms with E-state index in [0.29, 0.717) is 6.61 Å². The summed E-state index contributed by atoms with van der Waals surface area (Å²) in [5.74, 6) is 0.0760. The molecule has 3 aliphatic carbocycles. The van der Waals surface area contributed by atoms with Crippen molar-refractivity contribution in [1.82, 2.24) is 0 Å². The summed E-state index contributed by atoms with van der Waals surface area (Å²) < 4.78 is 24.5. The highest BCUT2D eigenvalue weighted by Crippen LogP contribution is 2.82. The zero-order valence-corrected chi connectivity index (χ0v) is 16.8. The van der Waals surface area contributed by atoms with Crippen LogP contribution in [0.1, 0.15) is 33.1 Å². The van der Waals surface area contributed by atoms with Crippen molar-refractivity contribution in [3.8, 4) is 0 Å². The molecule has 3 saturated heterocycles. The number of rotatable bonds is 1. The predicted octanol–water partition coefficient (Wildman–Crippen LogP) is 1.27. The van der Waals surface area contributed by atoms with Crippen LogP contribution in [0.2, 0.25) is 0 Å². The summed E-state index contributed by atoms with van der Waals surface area (Å²) in [4.78, 5) is 12.1. The Bertz CT molecular complexity index is 825. The second kappa shape index (κ2) is 4.06. The van der Waals surface area contributed by atoms with Crippen molar-refractivity contribution in [3.05, 3.63) is 11.1 Å². The molecule has 0 amide bonds. The molecule has 1 N–H and O–H groups in total. The number of hydrogen-bond acceptors (Lipinski definition) is 6. The number of halogens is 1. The average Bonchev–Trinajstić information content (AvgIpc) is 3.47. The maximum absolute atomic E-state index is 12.1. The van der Waals surface area contributed by atoms with Gasteiger partial charge in [-0.25, -0.2) is 4.79 Å². The number of fused-ring (bicyclic) bond motifs is 4. The molecule has 0 aromatic carbocycles. The third-order valence-electron chi connectivity index (χ3n) is 8.82. The fourth-order valence-electron chi connectivity index (χ4n) is 7.46. The molecular weight excluding hydrogens is 451 g/mol. The number of cyclic esters (lactones) is 1. The third-order valence-corrected chi connectivity index (χ3v) is 9.79. The second-order valence-corrected chi connectivity index (χ2v) is 11.2. The van der Waals surface area contributed by atoms with Gasteiger partial charge in [0.05, 0.1) is 6.10 Å². The van der Waals surface area contributed by atoms with Gasteiger partial charge in [-0.2, -0.15) is 0 Å². The van der Waals surface area contributed by atoms with Crippen molar-refractivity contribution in [1.29, 1.82) is 0 Å². The van der Waals surface area contributed by atoms with Crippen molar-refractivity contribution in [2.75, 3.05) is 6.61 Å². The normalized spacial score (nSPS) is 64.2. The summed E-state index contributed by atoms with van der Waals surface area (Å²) in [6.45, 7) is 4.78. The van der Waals surface area contributed by atoms with Gasteiger partial charge in [-0.3, -0.25) is 0 Å². The van der Waals surface area contributed by atoms with E-state index in [1.54, 1.807) is 0 Å². The number of esters is 1. The van der Waals surface area contributed by atoms with Crippen molar-refractivity contribution in [2.45, 2.75) is 78.3 Å². The minimum Gasteiger partial charge on any atom is -0.458 e. The van der Waals surface area contributed by atoms with Gasteiger partial charge in [-0.15, -0.1) is 0 Å². The standard InChI is InChI=1S/C19H21IO6/c1-7(20)17-12(25-17)13-19(26-13)16(2)4-3-8-9(6-23-14(8)21)10(16)5-11-18(19,24-11)15(17)22/h7,10-13,15,22H,3-6H2,1-2H3/t7?,10-,11-,12-,13-,15+,16-,17-,18+,19+/m0/s1. The Morgan fingerprint density at radius 1 is 1.27 bits per heavy atom. The van der Waals surface area contributed by atoms with Gasteiger partial charge < -0.3 is 24.1 Å². The smallest absolute Gasteiger partial charge is 0.334 e. The molecule has 0 bridgehead atoms. The van der Waals surface area contributed by atoms with Crippen molar-refractivity contribution in [3.63, 3.8) is 0 Å². The van der Waals surface area contributed by atoms with Gasteiger partial charge in [-0.05, 0) is 30.8 Å². The summed E-state index contributed by atoms with van der Waals surface area (Å²) in [6.07, 6.45) is 1.68. The molecule has 0 aromatic heterocycles. The van der Waals surface area contributed by atoms with Crippen LogP contribution in [0.3, 0.4) is 0 Å². The molecule has 4 aliphatic heterocycles. The lowest BCUT2D eigenvalue weighted by molar-refractivity contribution is -0.136. The zero-order valence-electron chi connectivity index (χ0n) is 14.7. The molecular formula is C19H21IO6. The maximum Gasteiger partial charge on any atom is 0.334 e. The van der Waals surface area contributed by atoms with Crippen LogP contribution in [0.5, 0.6) is 0 Å². The highest BCUT2D eigenvalue weighted by atomic mass is 127. The maximum atomic E-state index is 12.1. The number of epoxide rings is 3. The highest BCUT2D eigenvalue weighted by molar-refractivity contribution is 14.1. The Morgan fingerprint density at radius 3 is 2.85 bits per heavy atom. The Kier molecular flexibility index (Phi) is 2.44. The number of hydrogen-bond donors (Lipinski definition) is 1. The molecule has 0 radical (unpaired) electrons. The first-order valence-electron chi connectivity index (χ1n) is 9.59. The first kappa shape index (κ1) is 15.7. The van der Waals surface area contributed by atoms with E-state index in [1.807, 2.05) is 0 Å². The van der Waals surface area contributed by atoms with E-state index < -0.39 is 22.9 Å². The summed E-state index contributed by atoms with van der Waals surface area (Å²) in [7, 11) is 0. The van der Waals surface area contributed by atoms with E-state index in [0.717, 1.165) is 30.4 Å². The van der Waals surface area contributed by atoms with Gasteiger partial charge in [0.25, 0.3) is 0 Å². The quantitative estimate of drug-likeness (QED) is 0.268. The van der Waals surface area contributed by atoms with E-state index in [9.17, 15) is 9.90 Å². The summed E-state index contributed by atoms with van der Waals surface area (Å²) in [5.41, 5.74) is 0.203. The van der Waals surface area contributed by atoms with Crippen LogP contribution >= 0.6 is 22.6 Å². The van der Waals surface area contributed by atoms with Gasteiger partial charge >= 0.3 is 5.97 Å². The number of aliphatic hydroxyl groups is 1. The van der Waals surface area contributed by atoms with Gasteiger partial charge in [0.15, 0.2) is 5.60 Å². The molecule has 7 rings (SSSR count). The van der Waals surface area contributed by atoms with Gasteiger partial charge in [0.2, 0.25) is 0 Å². The topological polar surface area (TPSA) is 84.1 Å². The van der Waals surface area contributed by atoms with Crippen molar-refractivity contribution in [2.24, 2.45) is 11.3 Å². The van der Waals surface area contributed by atoms with Crippen LogP contribution in [0.25, 0.3) is 0 Å². The van der Waals surface area contributed by atoms with Crippen molar-refractivity contribution < 1.29 is 28.8 Å². The van der Waals surface area contributed by atoms with Crippen LogP contribution in [-0.2, 0) is 23.7 Å². The minimum atomic E-state index is -0.662. The van der Waals surface area contributed by atoms with Crippen LogP contribution in [-0.4, -0.2) is 62.8 Å². The number of aliphatic hydroxyl groups excluding tert-OH is 1. The Hall–Kier alpha value is -0.220. The van der Waals surface area contributed by atoms with Crippen molar-refractivity contribution >= 4 is 28.6 Å².